The largest absolute Gasteiger partial charge is 0.352 e. The first-order chi connectivity index (χ1) is 11.8. The van der Waals surface area contributed by atoms with Crippen molar-refractivity contribution in [3.63, 3.8) is 0 Å². The molecule has 0 radical (unpaired) electrons. The summed E-state index contributed by atoms with van der Waals surface area (Å²) in [6.07, 6.45) is 7.78. The lowest BCUT2D eigenvalue weighted by Crippen LogP contribution is -2.49. The number of nitrogens with zero attached hydrogens (tertiary/aromatic N) is 6. The van der Waals surface area contributed by atoms with Gasteiger partial charge in [-0.25, -0.2) is 9.97 Å². The zero-order valence-electron chi connectivity index (χ0n) is 13.6. The fraction of sp³-hybridized carbons (Fsp3) is 0.471. The van der Waals surface area contributed by atoms with Crippen molar-refractivity contribution in [1.82, 2.24) is 25.1 Å². The molecule has 0 N–H and O–H groups in total. The minimum atomic E-state index is -0.105. The van der Waals surface area contributed by atoms with Gasteiger partial charge in [0.05, 0.1) is 5.69 Å². The molecular formula is C17H20N6O. The van der Waals surface area contributed by atoms with Crippen LogP contribution in [0.2, 0.25) is 0 Å². The van der Waals surface area contributed by atoms with E-state index in [2.05, 4.69) is 31.1 Å². The molecule has 2 aromatic rings. The second-order valence-electron chi connectivity index (χ2n) is 6.23. The summed E-state index contributed by atoms with van der Waals surface area (Å²) in [5.74, 6) is 1.09. The van der Waals surface area contributed by atoms with Gasteiger partial charge in [-0.2, -0.15) is 5.10 Å². The van der Waals surface area contributed by atoms with E-state index in [0.29, 0.717) is 13.1 Å². The summed E-state index contributed by atoms with van der Waals surface area (Å²) in [5.41, 5.74) is 2.49. The Kier molecular flexibility index (Phi) is 4.06. The van der Waals surface area contributed by atoms with Crippen molar-refractivity contribution in [2.75, 3.05) is 31.1 Å². The Balaban J connectivity index is 1.42. The smallest absolute Gasteiger partial charge is 0.291 e. The van der Waals surface area contributed by atoms with Crippen LogP contribution in [0, 0.1) is 0 Å². The monoisotopic (exact) mass is 324 g/mol. The average molecular weight is 324 g/mol. The summed E-state index contributed by atoms with van der Waals surface area (Å²) in [6, 6.07) is 3.89. The lowest BCUT2D eigenvalue weighted by atomic mass is 9.97. The van der Waals surface area contributed by atoms with Crippen molar-refractivity contribution in [2.24, 2.45) is 0 Å². The Labute approximate surface area is 140 Å². The molecule has 1 aliphatic carbocycles. The standard InChI is InChI=1S/C17H20N6O/c24-17(16-18-6-3-7-19-16)23-10-8-22(9-11-23)15-12-13-4-1-2-5-14(13)20-21-15/h3,6-7,12H,1-2,4-5,8-11H2. The van der Waals surface area contributed by atoms with Crippen molar-refractivity contribution in [1.29, 1.82) is 0 Å². The van der Waals surface area contributed by atoms with Gasteiger partial charge in [0.2, 0.25) is 5.82 Å². The van der Waals surface area contributed by atoms with E-state index in [1.54, 1.807) is 23.4 Å². The van der Waals surface area contributed by atoms with Gasteiger partial charge in [-0.3, -0.25) is 4.79 Å². The number of amides is 1. The van der Waals surface area contributed by atoms with E-state index in [-0.39, 0.29) is 11.7 Å². The number of hydrogen-bond acceptors (Lipinski definition) is 6. The van der Waals surface area contributed by atoms with Gasteiger partial charge in [0, 0.05) is 38.6 Å². The van der Waals surface area contributed by atoms with E-state index in [9.17, 15) is 4.79 Å². The molecule has 1 saturated heterocycles. The number of anilines is 1. The normalized spacial score (nSPS) is 17.5. The molecule has 0 bridgehead atoms. The molecule has 7 heteroatoms. The highest BCUT2D eigenvalue weighted by molar-refractivity contribution is 5.90. The maximum absolute atomic E-state index is 12.4. The molecule has 0 unspecified atom stereocenters. The minimum Gasteiger partial charge on any atom is -0.352 e. The first-order valence-electron chi connectivity index (χ1n) is 8.48. The first kappa shape index (κ1) is 15.0. The summed E-state index contributed by atoms with van der Waals surface area (Å²) in [7, 11) is 0. The third kappa shape index (κ3) is 2.93. The van der Waals surface area contributed by atoms with E-state index in [0.717, 1.165) is 37.4 Å². The van der Waals surface area contributed by atoms with E-state index < -0.39 is 0 Å². The summed E-state index contributed by atoms with van der Waals surface area (Å²) in [4.78, 5) is 24.5. The van der Waals surface area contributed by atoms with Crippen LogP contribution in [0.5, 0.6) is 0 Å². The number of carbonyl (C=O) groups is 1. The number of rotatable bonds is 2. The van der Waals surface area contributed by atoms with Crippen molar-refractivity contribution < 1.29 is 4.79 Å². The third-order valence-corrected chi connectivity index (χ3v) is 4.70. The predicted octanol–water partition coefficient (Wildman–Crippen LogP) is 1.11. The number of fused-ring (bicyclic) bond motifs is 1. The van der Waals surface area contributed by atoms with Crippen molar-refractivity contribution in [3.8, 4) is 0 Å². The molecule has 1 aliphatic heterocycles. The molecule has 0 aromatic carbocycles. The maximum Gasteiger partial charge on any atom is 0.291 e. The zero-order chi connectivity index (χ0) is 16.4. The SMILES string of the molecule is O=C(c1ncccn1)N1CCN(c2cc3c(nn2)CCCC3)CC1. The van der Waals surface area contributed by atoms with Crippen LogP contribution in [0.1, 0.15) is 34.7 Å². The topological polar surface area (TPSA) is 75.1 Å². The van der Waals surface area contributed by atoms with Crippen molar-refractivity contribution in [3.05, 3.63) is 41.6 Å². The molecule has 1 fully saturated rings. The quantitative estimate of drug-likeness (QED) is 0.824. The van der Waals surface area contributed by atoms with Gasteiger partial charge in [0.25, 0.3) is 5.91 Å². The maximum atomic E-state index is 12.4. The molecule has 0 spiro atoms. The Bertz CT molecular complexity index is 727. The highest BCUT2D eigenvalue weighted by Crippen LogP contribution is 2.23. The van der Waals surface area contributed by atoms with E-state index in [1.165, 1.54) is 18.4 Å². The molecule has 0 saturated carbocycles. The van der Waals surface area contributed by atoms with Crippen molar-refractivity contribution in [2.45, 2.75) is 25.7 Å². The highest BCUT2D eigenvalue weighted by atomic mass is 16.2. The number of hydrogen-bond donors (Lipinski definition) is 0. The summed E-state index contributed by atoms with van der Waals surface area (Å²) in [6.45, 7) is 2.81. The van der Waals surface area contributed by atoms with Crippen LogP contribution in [-0.2, 0) is 12.8 Å². The van der Waals surface area contributed by atoms with Gasteiger partial charge in [0.15, 0.2) is 5.82 Å². The zero-order valence-corrected chi connectivity index (χ0v) is 13.6. The van der Waals surface area contributed by atoms with Crippen LogP contribution in [0.3, 0.4) is 0 Å². The summed E-state index contributed by atoms with van der Waals surface area (Å²) < 4.78 is 0. The van der Waals surface area contributed by atoms with Gasteiger partial charge in [0.1, 0.15) is 0 Å². The number of aromatic nitrogens is 4. The van der Waals surface area contributed by atoms with Crippen molar-refractivity contribution >= 4 is 11.7 Å². The molecule has 7 nitrogen and oxygen atoms in total. The average Bonchev–Trinajstić information content (AvgIpc) is 2.68. The number of carbonyl (C=O) groups excluding carboxylic acids is 1. The van der Waals surface area contributed by atoms with Gasteiger partial charge in [-0.05, 0) is 43.4 Å². The van der Waals surface area contributed by atoms with Crippen LogP contribution in [0.4, 0.5) is 5.82 Å². The van der Waals surface area contributed by atoms with Crippen LogP contribution < -0.4 is 4.90 Å². The Morgan fingerprint density at radius 2 is 1.71 bits per heavy atom. The van der Waals surface area contributed by atoms with Gasteiger partial charge in [-0.15, -0.1) is 5.10 Å². The molecule has 1 amide bonds. The molecule has 2 aromatic heterocycles. The molecule has 2 aliphatic rings. The summed E-state index contributed by atoms with van der Waals surface area (Å²) >= 11 is 0. The molecule has 4 rings (SSSR count). The molecule has 24 heavy (non-hydrogen) atoms. The second-order valence-corrected chi connectivity index (χ2v) is 6.23. The van der Waals surface area contributed by atoms with Crippen LogP contribution >= 0.6 is 0 Å². The van der Waals surface area contributed by atoms with E-state index in [4.69, 9.17) is 0 Å². The minimum absolute atomic E-state index is 0.105. The third-order valence-electron chi connectivity index (χ3n) is 4.70. The van der Waals surface area contributed by atoms with E-state index >= 15 is 0 Å². The van der Waals surface area contributed by atoms with Gasteiger partial charge in [-0.1, -0.05) is 0 Å². The Hall–Kier alpha value is -2.57. The van der Waals surface area contributed by atoms with Crippen LogP contribution in [-0.4, -0.2) is 57.2 Å². The fourth-order valence-corrected chi connectivity index (χ4v) is 3.32. The van der Waals surface area contributed by atoms with Crippen LogP contribution in [0.25, 0.3) is 0 Å². The van der Waals surface area contributed by atoms with Gasteiger partial charge < -0.3 is 9.80 Å². The predicted molar refractivity (Wildman–Crippen MR) is 88.8 cm³/mol. The van der Waals surface area contributed by atoms with Crippen LogP contribution in [0.15, 0.2) is 24.5 Å². The number of piperazine rings is 1. The molecule has 3 heterocycles. The highest BCUT2D eigenvalue weighted by Gasteiger charge is 2.25. The fourth-order valence-electron chi connectivity index (χ4n) is 3.32. The molecular weight excluding hydrogens is 304 g/mol. The Morgan fingerprint density at radius 1 is 0.958 bits per heavy atom. The lowest BCUT2D eigenvalue weighted by Gasteiger charge is -2.35. The van der Waals surface area contributed by atoms with E-state index in [1.807, 2.05) is 0 Å². The first-order valence-corrected chi connectivity index (χ1v) is 8.48. The lowest BCUT2D eigenvalue weighted by molar-refractivity contribution is 0.0734. The summed E-state index contributed by atoms with van der Waals surface area (Å²) in [5, 5.41) is 8.80. The second kappa shape index (κ2) is 6.51. The Morgan fingerprint density at radius 3 is 2.50 bits per heavy atom. The molecule has 124 valence electrons. The van der Waals surface area contributed by atoms with Gasteiger partial charge >= 0.3 is 0 Å². The number of aryl methyl sites for hydroxylation is 2. The molecule has 0 atom stereocenters.